The first kappa shape index (κ1) is 31.4. The van der Waals surface area contributed by atoms with Crippen molar-refractivity contribution < 1.29 is 37.7 Å². The molecule has 0 spiro atoms. The van der Waals surface area contributed by atoms with Crippen LogP contribution in [0.25, 0.3) is 0 Å². The van der Waals surface area contributed by atoms with Crippen molar-refractivity contribution in [3.05, 3.63) is 29.8 Å². The van der Waals surface area contributed by atoms with Crippen LogP contribution in [0, 0.1) is 5.92 Å². The number of esters is 2. The second-order valence-electron chi connectivity index (χ2n) is 12.9. The van der Waals surface area contributed by atoms with Crippen LogP contribution in [0.15, 0.2) is 24.3 Å². The molecule has 2 unspecified atom stereocenters. The van der Waals surface area contributed by atoms with E-state index in [1.54, 1.807) is 74.4 Å². The van der Waals surface area contributed by atoms with E-state index in [4.69, 9.17) is 18.9 Å². The summed E-state index contributed by atoms with van der Waals surface area (Å²) in [4.78, 5) is 38.9. The molecule has 8 nitrogen and oxygen atoms in total. The number of rotatable bonds is 9. The van der Waals surface area contributed by atoms with Gasteiger partial charge in [0, 0.05) is 12.8 Å². The number of ether oxygens (including phenoxy) is 4. The minimum atomic E-state index is -1.14. The highest BCUT2D eigenvalue weighted by Crippen LogP contribution is 2.29. The van der Waals surface area contributed by atoms with Crippen LogP contribution in [0.2, 0.25) is 0 Å². The molecule has 1 aliphatic carbocycles. The van der Waals surface area contributed by atoms with Gasteiger partial charge in [-0.05, 0) is 92.9 Å². The second kappa shape index (κ2) is 12.3. The Morgan fingerprint density at radius 3 is 1.82 bits per heavy atom. The molecule has 38 heavy (non-hydrogen) atoms. The Balaban J connectivity index is 2.24. The largest absolute Gasteiger partial charge is 0.490 e. The third kappa shape index (κ3) is 11.7. The Morgan fingerprint density at radius 1 is 0.842 bits per heavy atom. The lowest BCUT2D eigenvalue weighted by molar-refractivity contribution is -0.162. The Kier molecular flexibility index (Phi) is 10.2. The Bertz CT molecular complexity index is 951. The van der Waals surface area contributed by atoms with Crippen LogP contribution < -0.4 is 10.1 Å². The predicted octanol–water partition coefficient (Wildman–Crippen LogP) is 5.69. The fourth-order valence-electron chi connectivity index (χ4n) is 3.75. The lowest BCUT2D eigenvalue weighted by atomic mass is 9.92. The number of benzene rings is 1. The SMILES string of the molecule is CC(C)(C)OC(=O)NC(CC(Cc1ccc(OC2CC(F)C2)cc1)C(=O)OC(C)(C)C)C(=O)OC(C)(C)C. The number of carbonyl (C=O) groups excluding carboxylic acids is 3. The van der Waals surface area contributed by atoms with Crippen LogP contribution >= 0.6 is 0 Å². The van der Waals surface area contributed by atoms with Crippen molar-refractivity contribution in [2.24, 2.45) is 5.92 Å². The molecule has 1 saturated carbocycles. The molecule has 0 aromatic heterocycles. The number of hydrogen-bond donors (Lipinski definition) is 1. The number of hydrogen-bond acceptors (Lipinski definition) is 7. The van der Waals surface area contributed by atoms with Crippen molar-refractivity contribution in [2.45, 2.75) is 123 Å². The summed E-state index contributed by atoms with van der Waals surface area (Å²) in [6, 6.07) is 6.05. The molecule has 1 fully saturated rings. The minimum absolute atomic E-state index is 0.0543. The van der Waals surface area contributed by atoms with Crippen LogP contribution in [0.3, 0.4) is 0 Å². The summed E-state index contributed by atoms with van der Waals surface area (Å²) in [6.45, 7) is 15.6. The maximum Gasteiger partial charge on any atom is 0.408 e. The molecule has 9 heteroatoms. The van der Waals surface area contributed by atoms with Gasteiger partial charge in [-0.2, -0.15) is 0 Å². The van der Waals surface area contributed by atoms with Crippen molar-refractivity contribution in [1.82, 2.24) is 5.32 Å². The van der Waals surface area contributed by atoms with Crippen LogP contribution in [0.1, 0.15) is 87.1 Å². The quantitative estimate of drug-likeness (QED) is 0.319. The first-order valence-corrected chi connectivity index (χ1v) is 13.1. The summed E-state index contributed by atoms with van der Waals surface area (Å²) >= 11 is 0. The number of alkyl halides is 1. The summed E-state index contributed by atoms with van der Waals surface area (Å²) in [5.74, 6) is -1.32. The number of nitrogens with one attached hydrogen (secondary N) is 1. The van der Waals surface area contributed by atoms with E-state index in [9.17, 15) is 18.8 Å². The molecule has 1 N–H and O–H groups in total. The molecule has 2 atom stereocenters. The van der Waals surface area contributed by atoms with E-state index >= 15 is 0 Å². The topological polar surface area (TPSA) is 100 Å². The fourth-order valence-corrected chi connectivity index (χ4v) is 3.75. The van der Waals surface area contributed by atoms with Gasteiger partial charge in [0.2, 0.25) is 0 Å². The molecule has 1 aliphatic rings. The van der Waals surface area contributed by atoms with Gasteiger partial charge in [-0.3, -0.25) is 4.79 Å². The van der Waals surface area contributed by atoms with E-state index in [-0.39, 0.29) is 18.9 Å². The van der Waals surface area contributed by atoms with Gasteiger partial charge in [0.15, 0.2) is 0 Å². The van der Waals surface area contributed by atoms with Gasteiger partial charge in [-0.25, -0.2) is 14.0 Å². The summed E-state index contributed by atoms with van der Waals surface area (Å²) < 4.78 is 35.4. The average Bonchev–Trinajstić information content (AvgIpc) is 2.68. The van der Waals surface area contributed by atoms with Crippen molar-refractivity contribution >= 4 is 18.0 Å². The van der Waals surface area contributed by atoms with Gasteiger partial charge in [-0.1, -0.05) is 12.1 Å². The number of halogens is 1. The van der Waals surface area contributed by atoms with Crippen LogP contribution in [-0.2, 0) is 30.2 Å². The monoisotopic (exact) mass is 537 g/mol. The highest BCUT2D eigenvalue weighted by Gasteiger charge is 2.35. The number of alkyl carbamates (subject to hydrolysis) is 1. The van der Waals surface area contributed by atoms with Gasteiger partial charge in [0.05, 0.1) is 5.92 Å². The number of carbonyl (C=O) groups is 3. The zero-order chi connectivity index (χ0) is 28.9. The summed E-state index contributed by atoms with van der Waals surface area (Å²) in [7, 11) is 0. The third-order valence-corrected chi connectivity index (χ3v) is 5.39. The Labute approximate surface area is 225 Å². The van der Waals surface area contributed by atoms with Gasteiger partial charge >= 0.3 is 18.0 Å². The smallest absolute Gasteiger partial charge is 0.408 e. The van der Waals surface area contributed by atoms with Gasteiger partial charge in [0.25, 0.3) is 0 Å². The highest BCUT2D eigenvalue weighted by atomic mass is 19.1. The summed E-state index contributed by atoms with van der Waals surface area (Å²) in [6.07, 6.45) is -0.746. The maximum atomic E-state index is 13.2. The first-order valence-electron chi connectivity index (χ1n) is 13.1. The number of amides is 1. The van der Waals surface area contributed by atoms with E-state index in [0.29, 0.717) is 18.6 Å². The molecule has 2 rings (SSSR count). The van der Waals surface area contributed by atoms with Crippen molar-refractivity contribution in [3.63, 3.8) is 0 Å². The Morgan fingerprint density at radius 2 is 1.34 bits per heavy atom. The van der Waals surface area contributed by atoms with Crippen LogP contribution in [0.5, 0.6) is 5.75 Å². The fraction of sp³-hybridized carbons (Fsp3) is 0.690. The van der Waals surface area contributed by atoms with Gasteiger partial charge < -0.3 is 24.3 Å². The molecule has 1 aromatic carbocycles. The Hall–Kier alpha value is -2.84. The molecule has 0 bridgehead atoms. The first-order chi connectivity index (χ1) is 17.3. The van der Waals surface area contributed by atoms with E-state index in [2.05, 4.69) is 5.32 Å². The van der Waals surface area contributed by atoms with E-state index in [1.807, 2.05) is 12.1 Å². The summed E-state index contributed by atoms with van der Waals surface area (Å²) in [5, 5.41) is 2.58. The van der Waals surface area contributed by atoms with Crippen LogP contribution in [-0.4, -0.2) is 53.2 Å². The molecule has 214 valence electrons. The molecule has 1 aromatic rings. The molecule has 0 radical (unpaired) electrons. The normalized spacial score (nSPS) is 19.4. The predicted molar refractivity (Wildman–Crippen MR) is 142 cm³/mol. The van der Waals surface area contributed by atoms with Crippen LogP contribution in [0.4, 0.5) is 9.18 Å². The van der Waals surface area contributed by atoms with Crippen molar-refractivity contribution in [3.8, 4) is 5.75 Å². The zero-order valence-corrected chi connectivity index (χ0v) is 24.2. The van der Waals surface area contributed by atoms with Gasteiger partial charge in [-0.15, -0.1) is 0 Å². The summed E-state index contributed by atoms with van der Waals surface area (Å²) in [5.41, 5.74) is -1.51. The van der Waals surface area contributed by atoms with E-state index < -0.39 is 53.0 Å². The molecule has 1 amide bonds. The van der Waals surface area contributed by atoms with Gasteiger partial charge in [0.1, 0.15) is 40.9 Å². The van der Waals surface area contributed by atoms with Crippen molar-refractivity contribution in [1.29, 1.82) is 0 Å². The van der Waals surface area contributed by atoms with E-state index in [1.165, 1.54) is 0 Å². The second-order valence-corrected chi connectivity index (χ2v) is 12.9. The average molecular weight is 538 g/mol. The van der Waals surface area contributed by atoms with Crippen molar-refractivity contribution in [2.75, 3.05) is 0 Å². The zero-order valence-electron chi connectivity index (χ0n) is 24.2. The molecule has 0 heterocycles. The minimum Gasteiger partial charge on any atom is -0.490 e. The molecule has 0 saturated heterocycles. The van der Waals surface area contributed by atoms with E-state index in [0.717, 1.165) is 5.56 Å². The molecular weight excluding hydrogens is 493 g/mol. The maximum absolute atomic E-state index is 13.2. The third-order valence-electron chi connectivity index (χ3n) is 5.39. The molecular formula is C29H44FNO7. The lowest BCUT2D eigenvalue weighted by Gasteiger charge is -2.30. The highest BCUT2D eigenvalue weighted by molar-refractivity contribution is 5.83. The lowest BCUT2D eigenvalue weighted by Crippen LogP contribution is -2.48. The molecule has 0 aliphatic heterocycles. The standard InChI is InChI=1S/C29H44FNO7/c1-27(2,3)36-24(32)19(14-18-10-12-21(13-11-18)35-22-16-20(30)17-22)15-23(25(33)37-28(4,5)6)31-26(34)38-29(7,8)9/h10-13,19-20,22-23H,14-17H2,1-9H3,(H,31,34).